The van der Waals surface area contributed by atoms with Gasteiger partial charge in [-0.15, -0.1) is 0 Å². The van der Waals surface area contributed by atoms with Crippen LogP contribution in [0.25, 0.3) is 0 Å². The maximum atomic E-state index is 12.1. The molecule has 0 aliphatic rings. The van der Waals surface area contributed by atoms with E-state index in [1.54, 1.807) is 6.07 Å². The first kappa shape index (κ1) is 15.9. The van der Waals surface area contributed by atoms with Crippen LogP contribution in [0.2, 0.25) is 0 Å². The molecule has 0 fully saturated rings. The van der Waals surface area contributed by atoms with E-state index in [1.165, 1.54) is 6.07 Å². The molecule has 2 unspecified atom stereocenters. The van der Waals surface area contributed by atoms with Gasteiger partial charge in [0, 0.05) is 5.56 Å². The Morgan fingerprint density at radius 2 is 2.16 bits per heavy atom. The number of nitrogen functional groups attached to an aromatic ring is 1. The van der Waals surface area contributed by atoms with Gasteiger partial charge in [-0.25, -0.2) is 4.98 Å². The second-order valence-electron chi connectivity index (χ2n) is 4.83. The Labute approximate surface area is 121 Å². The van der Waals surface area contributed by atoms with Crippen LogP contribution in [-0.2, 0) is 0 Å². The molecule has 5 nitrogen and oxygen atoms in total. The first-order chi connectivity index (χ1) is 8.85. The summed E-state index contributed by atoms with van der Waals surface area (Å²) in [5.74, 6) is 0.0952. The summed E-state index contributed by atoms with van der Waals surface area (Å²) in [6.07, 6.45) is 0.0869. The third-order valence-electron chi connectivity index (χ3n) is 2.93. The minimum absolute atomic E-state index is 0.0829. The average Bonchev–Trinajstić information content (AvgIpc) is 2.33. The number of aliphatic hydroxyl groups is 1. The molecule has 1 amide bonds. The van der Waals surface area contributed by atoms with E-state index in [1.807, 2.05) is 20.8 Å². The van der Waals surface area contributed by atoms with Crippen LogP contribution >= 0.6 is 15.9 Å². The number of hydrogen-bond acceptors (Lipinski definition) is 4. The van der Waals surface area contributed by atoms with Crippen molar-refractivity contribution < 1.29 is 9.90 Å². The van der Waals surface area contributed by atoms with Crippen LogP contribution in [0.4, 0.5) is 5.82 Å². The highest BCUT2D eigenvalue weighted by Gasteiger charge is 2.23. The van der Waals surface area contributed by atoms with Crippen molar-refractivity contribution in [2.24, 2.45) is 5.92 Å². The number of carbonyl (C=O) groups excluding carboxylic acids is 1. The minimum atomic E-state index is -0.573. The molecular formula is C13H20BrN3O2. The molecule has 0 aliphatic heterocycles. The fourth-order valence-corrected chi connectivity index (χ4v) is 2.24. The van der Waals surface area contributed by atoms with Gasteiger partial charge in [0.05, 0.1) is 12.1 Å². The number of aliphatic hydroxyl groups excluding tert-OH is 1. The van der Waals surface area contributed by atoms with Crippen molar-refractivity contribution in [2.45, 2.75) is 39.3 Å². The first-order valence-corrected chi connectivity index (χ1v) is 7.06. The van der Waals surface area contributed by atoms with E-state index < -0.39 is 6.10 Å². The maximum Gasteiger partial charge on any atom is 0.251 e. The molecule has 1 aromatic rings. The number of halogens is 1. The quantitative estimate of drug-likeness (QED) is 0.720. The largest absolute Gasteiger partial charge is 0.391 e. The number of rotatable bonds is 5. The normalized spacial score (nSPS) is 14.2. The van der Waals surface area contributed by atoms with Gasteiger partial charge in [-0.3, -0.25) is 4.79 Å². The van der Waals surface area contributed by atoms with Crippen LogP contribution in [0.1, 0.15) is 37.6 Å². The number of aromatic nitrogens is 1. The van der Waals surface area contributed by atoms with E-state index in [4.69, 9.17) is 5.73 Å². The summed E-state index contributed by atoms with van der Waals surface area (Å²) >= 11 is 3.20. The lowest BCUT2D eigenvalue weighted by Gasteiger charge is -2.25. The Bertz CT molecular complexity index is 431. The molecule has 0 spiro atoms. The van der Waals surface area contributed by atoms with E-state index in [-0.39, 0.29) is 23.7 Å². The summed E-state index contributed by atoms with van der Waals surface area (Å²) < 4.78 is 0.509. The molecule has 1 aromatic heterocycles. The summed E-state index contributed by atoms with van der Waals surface area (Å²) in [5.41, 5.74) is 6.02. The number of anilines is 1. The van der Waals surface area contributed by atoms with Gasteiger partial charge in [0.2, 0.25) is 0 Å². The molecule has 0 aliphatic carbocycles. The van der Waals surface area contributed by atoms with Crippen molar-refractivity contribution in [3.8, 4) is 0 Å². The summed E-state index contributed by atoms with van der Waals surface area (Å²) in [6.45, 7) is 5.76. The lowest BCUT2D eigenvalue weighted by Crippen LogP contribution is -2.45. The standard InChI is InChI=1S/C13H20BrN3O2/c1-4-9(12(18)7(2)3)16-13(19)8-5-10(14)17-11(15)6-8/h5-7,9,12,18H,4H2,1-3H3,(H2,15,17)(H,16,19). The van der Waals surface area contributed by atoms with E-state index in [9.17, 15) is 9.90 Å². The predicted octanol–water partition coefficient (Wildman–Crippen LogP) is 1.95. The number of nitrogens with two attached hydrogens (primary N) is 1. The highest BCUT2D eigenvalue weighted by Crippen LogP contribution is 2.14. The Morgan fingerprint density at radius 1 is 1.53 bits per heavy atom. The lowest BCUT2D eigenvalue weighted by molar-refractivity contribution is 0.0678. The van der Waals surface area contributed by atoms with Gasteiger partial charge < -0.3 is 16.2 Å². The number of nitrogens with one attached hydrogen (secondary N) is 1. The summed E-state index contributed by atoms with van der Waals surface area (Å²) in [4.78, 5) is 16.1. The molecule has 0 saturated heterocycles. The molecule has 0 radical (unpaired) electrons. The predicted molar refractivity (Wildman–Crippen MR) is 78.7 cm³/mol. The summed E-state index contributed by atoms with van der Waals surface area (Å²) in [6, 6.07) is 2.83. The number of pyridine rings is 1. The van der Waals surface area contributed by atoms with Crippen LogP contribution in [0.3, 0.4) is 0 Å². The molecule has 0 bridgehead atoms. The third kappa shape index (κ3) is 4.47. The van der Waals surface area contributed by atoms with Crippen molar-refractivity contribution in [1.29, 1.82) is 0 Å². The molecular weight excluding hydrogens is 310 g/mol. The molecule has 19 heavy (non-hydrogen) atoms. The van der Waals surface area contributed by atoms with E-state index in [0.29, 0.717) is 16.6 Å². The Balaban J connectivity index is 2.82. The van der Waals surface area contributed by atoms with Crippen LogP contribution in [0.5, 0.6) is 0 Å². The summed E-state index contributed by atoms with van der Waals surface area (Å²) in [7, 11) is 0. The van der Waals surface area contributed by atoms with Gasteiger partial charge in [0.25, 0.3) is 5.91 Å². The van der Waals surface area contributed by atoms with Crippen molar-refractivity contribution >= 4 is 27.7 Å². The Kier molecular flexibility index (Phi) is 5.75. The van der Waals surface area contributed by atoms with Gasteiger partial charge >= 0.3 is 0 Å². The molecule has 0 saturated carbocycles. The fraction of sp³-hybridized carbons (Fsp3) is 0.538. The number of nitrogens with zero attached hydrogens (tertiary/aromatic N) is 1. The highest BCUT2D eigenvalue weighted by atomic mass is 79.9. The molecule has 4 N–H and O–H groups in total. The molecule has 2 atom stereocenters. The number of amides is 1. The van der Waals surface area contributed by atoms with Crippen molar-refractivity contribution in [1.82, 2.24) is 10.3 Å². The lowest BCUT2D eigenvalue weighted by atomic mass is 9.97. The molecule has 0 aromatic carbocycles. The number of carbonyl (C=O) groups is 1. The van der Waals surface area contributed by atoms with Crippen LogP contribution in [-0.4, -0.2) is 28.1 Å². The van der Waals surface area contributed by atoms with Gasteiger partial charge in [-0.2, -0.15) is 0 Å². The summed E-state index contributed by atoms with van der Waals surface area (Å²) in [5, 5.41) is 12.9. The highest BCUT2D eigenvalue weighted by molar-refractivity contribution is 9.10. The van der Waals surface area contributed by atoms with E-state index in [2.05, 4.69) is 26.2 Å². The van der Waals surface area contributed by atoms with Crippen molar-refractivity contribution in [2.75, 3.05) is 5.73 Å². The van der Waals surface area contributed by atoms with Gasteiger partial charge in [0.1, 0.15) is 10.4 Å². The van der Waals surface area contributed by atoms with E-state index in [0.717, 1.165) is 0 Å². The van der Waals surface area contributed by atoms with Crippen LogP contribution in [0.15, 0.2) is 16.7 Å². The fourth-order valence-electron chi connectivity index (χ4n) is 1.79. The zero-order valence-electron chi connectivity index (χ0n) is 11.4. The zero-order chi connectivity index (χ0) is 14.6. The topological polar surface area (TPSA) is 88.2 Å². The second-order valence-corrected chi connectivity index (χ2v) is 5.64. The monoisotopic (exact) mass is 329 g/mol. The molecule has 106 valence electrons. The third-order valence-corrected chi connectivity index (χ3v) is 3.33. The van der Waals surface area contributed by atoms with Crippen molar-refractivity contribution in [3.63, 3.8) is 0 Å². The van der Waals surface area contributed by atoms with Gasteiger partial charge in [0.15, 0.2) is 0 Å². The maximum absolute atomic E-state index is 12.1. The first-order valence-electron chi connectivity index (χ1n) is 6.27. The Hall–Kier alpha value is -1.14. The van der Waals surface area contributed by atoms with Crippen molar-refractivity contribution in [3.05, 3.63) is 22.3 Å². The van der Waals surface area contributed by atoms with Gasteiger partial charge in [-0.1, -0.05) is 20.8 Å². The SMILES string of the molecule is CCC(NC(=O)c1cc(N)nc(Br)c1)C(O)C(C)C. The Morgan fingerprint density at radius 3 is 2.63 bits per heavy atom. The molecule has 1 rings (SSSR count). The number of hydrogen-bond donors (Lipinski definition) is 3. The zero-order valence-corrected chi connectivity index (χ0v) is 12.9. The van der Waals surface area contributed by atoms with Gasteiger partial charge in [-0.05, 0) is 40.4 Å². The minimum Gasteiger partial charge on any atom is -0.391 e. The molecule has 1 heterocycles. The average molecular weight is 330 g/mol. The smallest absolute Gasteiger partial charge is 0.251 e. The van der Waals surface area contributed by atoms with Crippen LogP contribution < -0.4 is 11.1 Å². The van der Waals surface area contributed by atoms with E-state index >= 15 is 0 Å². The molecule has 6 heteroatoms. The second kappa shape index (κ2) is 6.86. The van der Waals surface area contributed by atoms with Crippen LogP contribution in [0, 0.1) is 5.92 Å².